The number of benzene rings is 10. The van der Waals surface area contributed by atoms with Crippen LogP contribution in [0.2, 0.25) is 0 Å². The molecule has 320 valence electrons. The highest BCUT2D eigenvalue weighted by atomic mass is 15.0. The van der Waals surface area contributed by atoms with Crippen LogP contribution in [-0.2, 0) is 5.41 Å². The number of fused-ring (bicyclic) bond motifs is 17. The van der Waals surface area contributed by atoms with Crippen molar-refractivity contribution < 1.29 is 0 Å². The van der Waals surface area contributed by atoms with Gasteiger partial charge in [-0.05, 0) is 93.5 Å². The highest BCUT2D eigenvalue weighted by molar-refractivity contribution is 6.17. The SMILES string of the molecule is c1ccc(-c2nc(-c3ccc(-n4c5ccccc5c5ccc6c(c54)-c4ccccc4C64c5ccccc5-c5ccccc54)cc3)nc(-c3cccc(-n4c5ccccc5c5ccccc54)c3)n2)cc1. The number of aromatic nitrogens is 5. The lowest BCUT2D eigenvalue weighted by Gasteiger charge is -2.30. The zero-order valence-corrected chi connectivity index (χ0v) is 37.3. The summed E-state index contributed by atoms with van der Waals surface area (Å²) in [5, 5.41) is 4.90. The van der Waals surface area contributed by atoms with Crippen molar-refractivity contribution >= 4 is 43.6 Å². The summed E-state index contributed by atoms with van der Waals surface area (Å²) in [6.07, 6.45) is 0. The number of hydrogen-bond acceptors (Lipinski definition) is 3. The Hall–Kier alpha value is -9.19. The molecule has 2 aliphatic carbocycles. The Kier molecular flexibility index (Phi) is 7.93. The predicted molar refractivity (Wildman–Crippen MR) is 281 cm³/mol. The van der Waals surface area contributed by atoms with Crippen molar-refractivity contribution in [3.8, 4) is 67.8 Å². The van der Waals surface area contributed by atoms with E-state index in [0.29, 0.717) is 17.5 Å². The number of para-hydroxylation sites is 3. The Morgan fingerprint density at radius 1 is 0.290 bits per heavy atom. The van der Waals surface area contributed by atoms with E-state index in [1.54, 1.807) is 0 Å². The minimum atomic E-state index is -0.436. The van der Waals surface area contributed by atoms with Crippen molar-refractivity contribution in [1.29, 1.82) is 0 Å². The van der Waals surface area contributed by atoms with E-state index in [0.717, 1.165) is 44.6 Å². The van der Waals surface area contributed by atoms with Gasteiger partial charge in [0.1, 0.15) is 0 Å². The molecule has 0 N–H and O–H groups in total. The molecule has 0 aliphatic heterocycles. The maximum absolute atomic E-state index is 5.25. The molecule has 0 fully saturated rings. The molecule has 0 bridgehead atoms. The van der Waals surface area contributed by atoms with Crippen molar-refractivity contribution in [2.45, 2.75) is 5.41 Å². The molecule has 5 heteroatoms. The fraction of sp³-hybridized carbons (Fsp3) is 0.0156. The van der Waals surface area contributed by atoms with Crippen molar-refractivity contribution in [3.05, 3.63) is 259 Å². The van der Waals surface area contributed by atoms with Gasteiger partial charge in [0, 0.05) is 55.2 Å². The van der Waals surface area contributed by atoms with Crippen molar-refractivity contribution in [1.82, 2.24) is 24.1 Å². The summed E-state index contributed by atoms with van der Waals surface area (Å²) in [6, 6.07) is 85.5. The Balaban J connectivity index is 0.908. The predicted octanol–water partition coefficient (Wildman–Crippen LogP) is 15.4. The summed E-state index contributed by atoms with van der Waals surface area (Å²) in [6.45, 7) is 0. The maximum Gasteiger partial charge on any atom is 0.164 e. The standard InChI is InChI=1S/C64H39N5/c1-2-17-40(18-3-1)61-65-62(67-63(66-61)42-19-16-20-44(39-42)68-56-30-13-7-23-47(56)48-24-8-14-31-57(48)68)41-33-35-43(36-34-41)69-58-32-15-9-25-49(58)50-37-38-55-59(60(50)69)51-26-6-12-29-54(51)64(55)52-27-10-4-21-45(52)46-22-5-11-28-53(46)64/h1-39H. The first-order chi connectivity index (χ1) is 34.2. The molecule has 0 amide bonds. The zero-order chi connectivity index (χ0) is 45.2. The number of nitrogens with zero attached hydrogens (tertiary/aromatic N) is 5. The van der Waals surface area contributed by atoms with E-state index in [-0.39, 0.29) is 0 Å². The van der Waals surface area contributed by atoms with E-state index in [1.165, 1.54) is 71.6 Å². The summed E-state index contributed by atoms with van der Waals surface area (Å²) in [5.74, 6) is 1.86. The van der Waals surface area contributed by atoms with Crippen molar-refractivity contribution in [3.63, 3.8) is 0 Å². The molecule has 5 nitrogen and oxygen atoms in total. The van der Waals surface area contributed by atoms with Gasteiger partial charge in [0.2, 0.25) is 0 Å². The van der Waals surface area contributed by atoms with E-state index >= 15 is 0 Å². The smallest absolute Gasteiger partial charge is 0.164 e. The van der Waals surface area contributed by atoms with Crippen LogP contribution >= 0.6 is 0 Å². The van der Waals surface area contributed by atoms with Crippen LogP contribution in [0.5, 0.6) is 0 Å². The minimum Gasteiger partial charge on any atom is -0.309 e. The topological polar surface area (TPSA) is 48.5 Å². The second-order valence-corrected chi connectivity index (χ2v) is 18.3. The highest BCUT2D eigenvalue weighted by Gasteiger charge is 2.52. The van der Waals surface area contributed by atoms with Gasteiger partial charge in [-0.1, -0.05) is 182 Å². The van der Waals surface area contributed by atoms with Crippen LogP contribution in [-0.4, -0.2) is 24.1 Å². The first-order valence-corrected chi connectivity index (χ1v) is 23.6. The maximum atomic E-state index is 5.25. The van der Waals surface area contributed by atoms with Crippen LogP contribution in [0, 0.1) is 0 Å². The monoisotopic (exact) mass is 877 g/mol. The van der Waals surface area contributed by atoms with Gasteiger partial charge in [-0.2, -0.15) is 0 Å². The third-order valence-corrected chi connectivity index (χ3v) is 14.8. The van der Waals surface area contributed by atoms with Crippen molar-refractivity contribution in [2.24, 2.45) is 0 Å². The van der Waals surface area contributed by atoms with E-state index in [1.807, 2.05) is 18.2 Å². The molecule has 0 radical (unpaired) electrons. The number of rotatable bonds is 5. The molecule has 15 rings (SSSR count). The molecule has 0 atom stereocenters. The molecule has 0 unspecified atom stereocenters. The second kappa shape index (κ2) is 14.4. The lowest BCUT2D eigenvalue weighted by molar-refractivity contribution is 0.794. The van der Waals surface area contributed by atoms with Crippen LogP contribution in [0.15, 0.2) is 237 Å². The van der Waals surface area contributed by atoms with Gasteiger partial charge in [-0.3, -0.25) is 0 Å². The van der Waals surface area contributed by atoms with Crippen LogP contribution in [0.1, 0.15) is 22.3 Å². The van der Waals surface area contributed by atoms with Crippen LogP contribution in [0.4, 0.5) is 0 Å². The zero-order valence-electron chi connectivity index (χ0n) is 37.3. The Morgan fingerprint density at radius 2 is 0.754 bits per heavy atom. The van der Waals surface area contributed by atoms with Crippen molar-refractivity contribution in [2.75, 3.05) is 0 Å². The molecular weight excluding hydrogens is 839 g/mol. The second-order valence-electron chi connectivity index (χ2n) is 18.3. The molecule has 3 heterocycles. The fourth-order valence-corrected chi connectivity index (χ4v) is 12.0. The van der Waals surface area contributed by atoms with Crippen LogP contribution < -0.4 is 0 Å². The molecule has 0 saturated heterocycles. The Bertz CT molecular complexity index is 4160. The molecule has 13 aromatic rings. The summed E-state index contributed by atoms with van der Waals surface area (Å²) in [7, 11) is 0. The Labute approximate surface area is 397 Å². The van der Waals surface area contributed by atoms with Gasteiger partial charge in [0.05, 0.1) is 27.5 Å². The molecule has 1 spiro atoms. The van der Waals surface area contributed by atoms with E-state index in [4.69, 9.17) is 15.0 Å². The van der Waals surface area contributed by atoms with Crippen LogP contribution in [0.3, 0.4) is 0 Å². The largest absolute Gasteiger partial charge is 0.309 e. The lowest BCUT2D eigenvalue weighted by Crippen LogP contribution is -2.25. The summed E-state index contributed by atoms with van der Waals surface area (Å²) in [5.41, 5.74) is 19.6. The normalized spacial score (nSPS) is 13.0. The van der Waals surface area contributed by atoms with Gasteiger partial charge in [0.25, 0.3) is 0 Å². The molecular formula is C64H39N5. The van der Waals surface area contributed by atoms with Crippen LogP contribution in [0.25, 0.3) is 111 Å². The van der Waals surface area contributed by atoms with Gasteiger partial charge >= 0.3 is 0 Å². The molecule has 69 heavy (non-hydrogen) atoms. The quantitative estimate of drug-likeness (QED) is 0.173. The van der Waals surface area contributed by atoms with Gasteiger partial charge in [-0.15, -0.1) is 0 Å². The molecule has 10 aromatic carbocycles. The highest BCUT2D eigenvalue weighted by Crippen LogP contribution is 2.64. The lowest BCUT2D eigenvalue weighted by atomic mass is 9.70. The van der Waals surface area contributed by atoms with Gasteiger partial charge < -0.3 is 9.13 Å². The third-order valence-electron chi connectivity index (χ3n) is 14.8. The first-order valence-electron chi connectivity index (χ1n) is 23.6. The average Bonchev–Trinajstić information content (AvgIpc) is 4.13. The number of hydrogen-bond donors (Lipinski definition) is 0. The first kappa shape index (κ1) is 38.0. The average molecular weight is 878 g/mol. The van der Waals surface area contributed by atoms with E-state index in [9.17, 15) is 0 Å². The third kappa shape index (κ3) is 5.27. The summed E-state index contributed by atoms with van der Waals surface area (Å²) in [4.78, 5) is 15.6. The molecule has 3 aromatic heterocycles. The fourth-order valence-electron chi connectivity index (χ4n) is 12.0. The molecule has 2 aliphatic rings. The van der Waals surface area contributed by atoms with E-state index in [2.05, 4.69) is 228 Å². The van der Waals surface area contributed by atoms with E-state index < -0.39 is 5.41 Å². The minimum absolute atomic E-state index is 0.436. The molecule has 0 saturated carbocycles. The Morgan fingerprint density at radius 3 is 1.38 bits per heavy atom. The summed E-state index contributed by atoms with van der Waals surface area (Å²) < 4.78 is 4.81. The van der Waals surface area contributed by atoms with Gasteiger partial charge in [0.15, 0.2) is 17.5 Å². The summed E-state index contributed by atoms with van der Waals surface area (Å²) >= 11 is 0. The van der Waals surface area contributed by atoms with Gasteiger partial charge in [-0.25, -0.2) is 15.0 Å².